The lowest BCUT2D eigenvalue weighted by Crippen LogP contribution is -2.27. The molecule has 1 aliphatic rings. The molecule has 1 saturated carbocycles. The fourth-order valence-electron chi connectivity index (χ4n) is 2.05. The van der Waals surface area contributed by atoms with Crippen LogP contribution in [-0.4, -0.2) is 25.9 Å². The molecule has 1 fully saturated rings. The monoisotopic (exact) mass is 245 g/mol. The number of rotatable bonds is 2. The van der Waals surface area contributed by atoms with Crippen LogP contribution in [0, 0.1) is 10.1 Å². The maximum Gasteiger partial charge on any atom is 0.408 e. The van der Waals surface area contributed by atoms with E-state index in [1.54, 1.807) is 0 Å². The molecule has 16 heavy (non-hydrogen) atoms. The fraction of sp³-hybridized carbons (Fsp3) is 0.667. The van der Waals surface area contributed by atoms with Gasteiger partial charge in [0.15, 0.2) is 5.02 Å². The molecule has 1 heterocycles. The summed E-state index contributed by atoms with van der Waals surface area (Å²) in [5.41, 5.74) is 0. The van der Waals surface area contributed by atoms with Crippen molar-refractivity contribution in [2.75, 3.05) is 0 Å². The van der Waals surface area contributed by atoms with E-state index in [2.05, 4.69) is 5.10 Å². The number of nitrogens with zero attached hydrogens (tertiary/aromatic N) is 3. The molecule has 0 unspecified atom stereocenters. The minimum Gasteiger partial charge on any atom is -0.391 e. The molecule has 0 aliphatic heterocycles. The number of hydrogen-bond donors (Lipinski definition) is 1. The Bertz CT molecular complexity index is 407. The van der Waals surface area contributed by atoms with Crippen LogP contribution in [0.5, 0.6) is 0 Å². The molecule has 0 aromatic carbocycles. The molecule has 1 N–H and O–H groups in total. The van der Waals surface area contributed by atoms with Crippen LogP contribution in [0.3, 0.4) is 0 Å². The lowest BCUT2D eigenvalue weighted by molar-refractivity contribution is -0.389. The molecular formula is C9H12ClN3O3. The maximum atomic E-state index is 10.6. The number of halogens is 1. The largest absolute Gasteiger partial charge is 0.408 e. The van der Waals surface area contributed by atoms with E-state index in [1.165, 1.54) is 10.9 Å². The van der Waals surface area contributed by atoms with Crippen LogP contribution in [0.2, 0.25) is 5.02 Å². The molecule has 1 aromatic heterocycles. The quantitative estimate of drug-likeness (QED) is 0.638. The average molecular weight is 246 g/mol. The minimum absolute atomic E-state index is 0.0165. The first-order valence-electron chi connectivity index (χ1n) is 5.16. The van der Waals surface area contributed by atoms with Gasteiger partial charge in [-0.2, -0.15) is 4.68 Å². The van der Waals surface area contributed by atoms with Crippen molar-refractivity contribution in [3.8, 4) is 0 Å². The Balaban J connectivity index is 2.26. The van der Waals surface area contributed by atoms with E-state index in [0.717, 1.165) is 19.3 Å². The van der Waals surface area contributed by atoms with E-state index in [9.17, 15) is 15.2 Å². The maximum absolute atomic E-state index is 10.6. The topological polar surface area (TPSA) is 81.2 Å². The highest BCUT2D eigenvalue weighted by atomic mass is 35.5. The summed E-state index contributed by atoms with van der Waals surface area (Å²) in [7, 11) is 0. The molecule has 0 saturated heterocycles. The Labute approximate surface area is 97.0 Å². The predicted octanol–water partition coefficient (Wildman–Crippen LogP) is 1.92. The van der Waals surface area contributed by atoms with Gasteiger partial charge >= 0.3 is 5.82 Å². The third-order valence-electron chi connectivity index (χ3n) is 2.88. The van der Waals surface area contributed by atoms with Crippen molar-refractivity contribution < 1.29 is 10.0 Å². The Kier molecular flexibility index (Phi) is 3.11. The molecular weight excluding hydrogens is 234 g/mol. The number of nitro groups is 1. The van der Waals surface area contributed by atoms with E-state index in [4.69, 9.17) is 11.6 Å². The van der Waals surface area contributed by atoms with Crippen LogP contribution < -0.4 is 0 Å². The molecule has 0 spiro atoms. The summed E-state index contributed by atoms with van der Waals surface area (Å²) in [4.78, 5) is 9.97. The van der Waals surface area contributed by atoms with E-state index in [1.807, 2.05) is 0 Å². The van der Waals surface area contributed by atoms with Crippen molar-refractivity contribution in [2.45, 2.75) is 37.8 Å². The van der Waals surface area contributed by atoms with Crippen LogP contribution in [0.1, 0.15) is 31.7 Å². The van der Waals surface area contributed by atoms with Crippen LogP contribution in [0.25, 0.3) is 0 Å². The first-order chi connectivity index (χ1) is 7.59. The minimum atomic E-state index is -0.617. The molecule has 0 radical (unpaired) electrons. The first kappa shape index (κ1) is 11.3. The van der Waals surface area contributed by atoms with Crippen molar-refractivity contribution in [1.82, 2.24) is 9.78 Å². The number of aliphatic hydroxyl groups excluding tert-OH is 1. The summed E-state index contributed by atoms with van der Waals surface area (Å²) in [5, 5.41) is 24.2. The number of aromatic nitrogens is 2. The van der Waals surface area contributed by atoms with Crippen molar-refractivity contribution >= 4 is 17.4 Å². The summed E-state index contributed by atoms with van der Waals surface area (Å²) in [6, 6.07) is -0.194. The average Bonchev–Trinajstić information content (AvgIpc) is 2.61. The zero-order valence-corrected chi connectivity index (χ0v) is 9.30. The summed E-state index contributed by atoms with van der Waals surface area (Å²) in [5.74, 6) is -0.348. The Morgan fingerprint density at radius 1 is 1.56 bits per heavy atom. The Morgan fingerprint density at radius 3 is 2.81 bits per heavy atom. The molecule has 88 valence electrons. The van der Waals surface area contributed by atoms with Crippen molar-refractivity contribution in [2.24, 2.45) is 0 Å². The lowest BCUT2D eigenvalue weighted by atomic mass is 9.93. The van der Waals surface area contributed by atoms with E-state index in [-0.39, 0.29) is 16.9 Å². The van der Waals surface area contributed by atoms with Crippen LogP contribution in [0.15, 0.2) is 6.20 Å². The van der Waals surface area contributed by atoms with Gasteiger partial charge in [0, 0.05) is 0 Å². The van der Waals surface area contributed by atoms with Crippen LogP contribution >= 0.6 is 11.6 Å². The zero-order chi connectivity index (χ0) is 11.7. The van der Waals surface area contributed by atoms with Gasteiger partial charge in [-0.25, -0.2) is 0 Å². The van der Waals surface area contributed by atoms with Gasteiger partial charge in [0.2, 0.25) is 0 Å². The molecule has 1 aromatic rings. The summed E-state index contributed by atoms with van der Waals surface area (Å²) < 4.78 is 1.42. The molecule has 2 rings (SSSR count). The van der Waals surface area contributed by atoms with Crippen molar-refractivity contribution in [3.05, 3.63) is 21.3 Å². The van der Waals surface area contributed by atoms with Crippen molar-refractivity contribution in [1.29, 1.82) is 0 Å². The summed E-state index contributed by atoms with van der Waals surface area (Å²) >= 11 is 5.70. The van der Waals surface area contributed by atoms with E-state index < -0.39 is 11.0 Å². The Morgan fingerprint density at radius 2 is 2.25 bits per heavy atom. The van der Waals surface area contributed by atoms with Gasteiger partial charge < -0.3 is 15.2 Å². The highest BCUT2D eigenvalue weighted by Gasteiger charge is 2.30. The third kappa shape index (κ3) is 2.03. The van der Waals surface area contributed by atoms with Gasteiger partial charge in [-0.15, -0.1) is 0 Å². The van der Waals surface area contributed by atoms with Gasteiger partial charge in [0.1, 0.15) is 0 Å². The third-order valence-corrected chi connectivity index (χ3v) is 3.14. The fourth-order valence-corrected chi connectivity index (χ4v) is 2.26. The van der Waals surface area contributed by atoms with Gasteiger partial charge in [-0.05, 0) is 17.8 Å². The van der Waals surface area contributed by atoms with Crippen LogP contribution in [-0.2, 0) is 0 Å². The highest BCUT2D eigenvalue weighted by Crippen LogP contribution is 2.31. The second-order valence-electron chi connectivity index (χ2n) is 3.96. The standard InChI is InChI=1S/C9H12ClN3O3/c10-6-5-12(11-9(6)13(15)16)7-3-1-2-4-8(7)14/h5,7-8,14H,1-4H2/t7-,8-/m1/s1. The number of aliphatic hydroxyl groups is 1. The second-order valence-corrected chi connectivity index (χ2v) is 4.36. The highest BCUT2D eigenvalue weighted by molar-refractivity contribution is 6.32. The van der Waals surface area contributed by atoms with E-state index in [0.29, 0.717) is 6.42 Å². The Hall–Kier alpha value is -1.14. The molecule has 0 amide bonds. The SMILES string of the molecule is O=[N+]([O-])c1nn([C@@H]2CCCC[C@H]2O)cc1Cl. The lowest BCUT2D eigenvalue weighted by Gasteiger charge is -2.25. The molecule has 1 aliphatic carbocycles. The summed E-state index contributed by atoms with van der Waals surface area (Å²) in [6.45, 7) is 0. The molecule has 2 atom stereocenters. The van der Waals surface area contributed by atoms with Gasteiger partial charge in [-0.3, -0.25) is 0 Å². The molecule has 0 bridgehead atoms. The predicted molar refractivity (Wildman–Crippen MR) is 57.4 cm³/mol. The van der Waals surface area contributed by atoms with Crippen molar-refractivity contribution in [3.63, 3.8) is 0 Å². The van der Waals surface area contributed by atoms with Gasteiger partial charge in [0.05, 0.1) is 23.4 Å². The van der Waals surface area contributed by atoms with Gasteiger partial charge in [-0.1, -0.05) is 24.4 Å². The van der Waals surface area contributed by atoms with E-state index >= 15 is 0 Å². The first-order valence-corrected chi connectivity index (χ1v) is 5.54. The molecule has 6 nitrogen and oxygen atoms in total. The normalized spacial score (nSPS) is 25.6. The number of hydrogen-bond acceptors (Lipinski definition) is 4. The molecule has 7 heteroatoms. The second kappa shape index (κ2) is 4.39. The summed E-state index contributed by atoms with van der Waals surface area (Å²) in [6.07, 6.45) is 4.37. The van der Waals surface area contributed by atoms with Crippen LogP contribution in [0.4, 0.5) is 5.82 Å². The van der Waals surface area contributed by atoms with Gasteiger partial charge in [0.25, 0.3) is 0 Å². The zero-order valence-electron chi connectivity index (χ0n) is 8.54. The smallest absolute Gasteiger partial charge is 0.391 e.